The first-order chi connectivity index (χ1) is 10.6. The van der Waals surface area contributed by atoms with E-state index in [9.17, 15) is 14.7 Å². The van der Waals surface area contributed by atoms with Gasteiger partial charge in [0.1, 0.15) is 12.1 Å². The van der Waals surface area contributed by atoms with Crippen molar-refractivity contribution in [1.82, 2.24) is 0 Å². The van der Waals surface area contributed by atoms with Gasteiger partial charge in [-0.2, -0.15) is 0 Å². The van der Waals surface area contributed by atoms with Crippen LogP contribution in [0.3, 0.4) is 0 Å². The van der Waals surface area contributed by atoms with Gasteiger partial charge in [0, 0.05) is 6.42 Å². The van der Waals surface area contributed by atoms with Crippen LogP contribution in [-0.4, -0.2) is 29.3 Å². The third kappa shape index (κ3) is 2.67. The van der Waals surface area contributed by atoms with Gasteiger partial charge in [-0.15, -0.1) is 0 Å². The van der Waals surface area contributed by atoms with Gasteiger partial charge in [-0.05, 0) is 36.8 Å². The predicted octanol–water partition coefficient (Wildman–Crippen LogP) is 3.22. The molecule has 0 spiro atoms. The fourth-order valence-corrected chi connectivity index (χ4v) is 3.45. The van der Waals surface area contributed by atoms with Crippen LogP contribution in [0.5, 0.6) is 0 Å². The number of fused-ring (bicyclic) bond motifs is 1. The summed E-state index contributed by atoms with van der Waals surface area (Å²) in [4.78, 5) is 25.4. The van der Waals surface area contributed by atoms with E-state index >= 15 is 0 Å². The number of carbonyl (C=O) groups excluding carboxylic acids is 1. The SMILES string of the molecule is C[C@@H]1CCCC[C@H]1OC(=O)N1c2ccccc2C[C@@H]1C(=O)O. The summed E-state index contributed by atoms with van der Waals surface area (Å²) in [6.07, 6.45) is 3.83. The monoisotopic (exact) mass is 303 g/mol. The van der Waals surface area contributed by atoms with Crippen LogP contribution in [0, 0.1) is 5.92 Å². The molecule has 2 aliphatic rings. The second-order valence-electron chi connectivity index (χ2n) is 6.24. The van der Waals surface area contributed by atoms with Gasteiger partial charge in [0.15, 0.2) is 0 Å². The zero-order valence-electron chi connectivity index (χ0n) is 12.7. The van der Waals surface area contributed by atoms with Crippen molar-refractivity contribution in [3.05, 3.63) is 29.8 Å². The third-order valence-electron chi connectivity index (χ3n) is 4.74. The van der Waals surface area contributed by atoms with Gasteiger partial charge in [0.25, 0.3) is 0 Å². The lowest BCUT2D eigenvalue weighted by Crippen LogP contribution is -2.45. The Balaban J connectivity index is 1.81. The molecule has 1 heterocycles. The van der Waals surface area contributed by atoms with E-state index in [2.05, 4.69) is 6.92 Å². The van der Waals surface area contributed by atoms with Gasteiger partial charge < -0.3 is 9.84 Å². The molecule has 22 heavy (non-hydrogen) atoms. The number of hydrogen-bond donors (Lipinski definition) is 1. The quantitative estimate of drug-likeness (QED) is 0.911. The average molecular weight is 303 g/mol. The Morgan fingerprint density at radius 2 is 1.95 bits per heavy atom. The number of benzene rings is 1. The third-order valence-corrected chi connectivity index (χ3v) is 4.74. The summed E-state index contributed by atoms with van der Waals surface area (Å²) in [5.41, 5.74) is 1.53. The van der Waals surface area contributed by atoms with E-state index in [0.717, 1.165) is 24.8 Å². The first-order valence-electron chi connectivity index (χ1n) is 7.88. The largest absolute Gasteiger partial charge is 0.480 e. The second kappa shape index (κ2) is 5.99. The smallest absolute Gasteiger partial charge is 0.415 e. The Labute approximate surface area is 129 Å². The minimum atomic E-state index is -0.996. The molecule has 1 aliphatic heterocycles. The molecule has 1 aromatic carbocycles. The summed E-state index contributed by atoms with van der Waals surface area (Å²) in [5, 5.41) is 9.41. The van der Waals surface area contributed by atoms with Gasteiger partial charge in [0.05, 0.1) is 5.69 Å². The van der Waals surface area contributed by atoms with Gasteiger partial charge in [-0.1, -0.05) is 31.5 Å². The number of carboxylic acids is 1. The number of anilines is 1. The van der Waals surface area contributed by atoms with Crippen LogP contribution in [0.2, 0.25) is 0 Å². The number of rotatable bonds is 2. The van der Waals surface area contributed by atoms with E-state index in [1.54, 1.807) is 6.07 Å². The molecule has 0 radical (unpaired) electrons. The van der Waals surface area contributed by atoms with Gasteiger partial charge in [-0.25, -0.2) is 9.59 Å². The number of aliphatic carboxylic acids is 1. The lowest BCUT2D eigenvalue weighted by Gasteiger charge is -2.31. The fourth-order valence-electron chi connectivity index (χ4n) is 3.45. The molecule has 3 atom stereocenters. The lowest BCUT2D eigenvalue weighted by molar-refractivity contribution is -0.138. The van der Waals surface area contributed by atoms with Crippen molar-refractivity contribution in [2.75, 3.05) is 4.90 Å². The van der Waals surface area contributed by atoms with E-state index < -0.39 is 18.1 Å². The second-order valence-corrected chi connectivity index (χ2v) is 6.24. The number of nitrogens with zero attached hydrogens (tertiary/aromatic N) is 1. The molecule has 1 aromatic rings. The van der Waals surface area contributed by atoms with Crippen LogP contribution in [-0.2, 0) is 16.0 Å². The molecule has 118 valence electrons. The van der Waals surface area contributed by atoms with Gasteiger partial charge in [-0.3, -0.25) is 4.90 Å². The summed E-state index contributed by atoms with van der Waals surface area (Å²) in [5.74, 6) is -0.663. The maximum absolute atomic E-state index is 12.6. The van der Waals surface area contributed by atoms with Crippen LogP contribution in [0.1, 0.15) is 38.2 Å². The fraction of sp³-hybridized carbons (Fsp3) is 0.529. The van der Waals surface area contributed by atoms with Crippen LogP contribution in [0.4, 0.5) is 10.5 Å². The molecule has 1 fully saturated rings. The molecular formula is C17H21NO4. The Morgan fingerprint density at radius 3 is 2.68 bits per heavy atom. The minimum Gasteiger partial charge on any atom is -0.480 e. The van der Waals surface area contributed by atoms with Gasteiger partial charge >= 0.3 is 12.1 Å². The Morgan fingerprint density at radius 1 is 1.23 bits per heavy atom. The number of ether oxygens (including phenoxy) is 1. The molecule has 0 bridgehead atoms. The number of carboxylic acid groups (broad SMARTS) is 1. The van der Waals surface area contributed by atoms with Crippen LogP contribution in [0.25, 0.3) is 0 Å². The number of amides is 1. The Kier molecular flexibility index (Phi) is 4.05. The molecule has 0 unspecified atom stereocenters. The molecule has 5 heteroatoms. The normalized spacial score (nSPS) is 27.3. The first-order valence-corrected chi connectivity index (χ1v) is 7.88. The topological polar surface area (TPSA) is 66.8 Å². The molecule has 3 rings (SSSR count). The van der Waals surface area contributed by atoms with Crippen LogP contribution in [0.15, 0.2) is 24.3 Å². The van der Waals surface area contributed by atoms with Crippen molar-refractivity contribution >= 4 is 17.7 Å². The summed E-state index contributed by atoms with van der Waals surface area (Å²) in [6, 6.07) is 6.44. The first kappa shape index (κ1) is 14.9. The van der Waals surface area contributed by atoms with E-state index in [4.69, 9.17) is 4.74 Å². The highest BCUT2D eigenvalue weighted by atomic mass is 16.6. The highest BCUT2D eigenvalue weighted by Gasteiger charge is 2.40. The van der Waals surface area contributed by atoms with Crippen molar-refractivity contribution in [1.29, 1.82) is 0 Å². The molecule has 1 amide bonds. The maximum atomic E-state index is 12.6. The zero-order valence-corrected chi connectivity index (χ0v) is 12.7. The molecule has 0 saturated heterocycles. The molecule has 1 N–H and O–H groups in total. The average Bonchev–Trinajstić information content (AvgIpc) is 2.89. The summed E-state index contributed by atoms with van der Waals surface area (Å²) in [6.45, 7) is 2.09. The standard InChI is InChI=1S/C17H21NO4/c1-11-6-2-5-9-15(11)22-17(21)18-13-8-4-3-7-12(13)10-14(18)16(19)20/h3-4,7-8,11,14-15H,2,5-6,9-10H2,1H3,(H,19,20)/t11-,14-,15-/m1/s1. The van der Waals surface area contributed by atoms with Crippen LogP contribution < -0.4 is 4.90 Å². The van der Waals surface area contributed by atoms with Gasteiger partial charge in [0.2, 0.25) is 0 Å². The molecule has 5 nitrogen and oxygen atoms in total. The maximum Gasteiger partial charge on any atom is 0.415 e. The van der Waals surface area contributed by atoms with Crippen molar-refractivity contribution in [3.63, 3.8) is 0 Å². The van der Waals surface area contributed by atoms with E-state index in [1.807, 2.05) is 18.2 Å². The van der Waals surface area contributed by atoms with Crippen molar-refractivity contribution in [2.24, 2.45) is 5.92 Å². The molecule has 0 aromatic heterocycles. The molecular weight excluding hydrogens is 282 g/mol. The number of carbonyl (C=O) groups is 2. The zero-order chi connectivity index (χ0) is 15.7. The van der Waals surface area contributed by atoms with E-state index in [0.29, 0.717) is 18.0 Å². The lowest BCUT2D eigenvalue weighted by atomic mass is 9.88. The van der Waals surface area contributed by atoms with E-state index in [-0.39, 0.29) is 6.10 Å². The summed E-state index contributed by atoms with van der Waals surface area (Å²) < 4.78 is 5.65. The highest BCUT2D eigenvalue weighted by Crippen LogP contribution is 2.34. The number of hydrogen-bond acceptors (Lipinski definition) is 3. The molecule has 1 saturated carbocycles. The van der Waals surface area contributed by atoms with E-state index in [1.165, 1.54) is 11.3 Å². The minimum absolute atomic E-state index is 0.108. The summed E-state index contributed by atoms with van der Waals surface area (Å²) >= 11 is 0. The Hall–Kier alpha value is -2.04. The predicted molar refractivity (Wildman–Crippen MR) is 81.9 cm³/mol. The Bertz CT molecular complexity index is 586. The van der Waals surface area contributed by atoms with Crippen molar-refractivity contribution in [3.8, 4) is 0 Å². The van der Waals surface area contributed by atoms with Crippen LogP contribution >= 0.6 is 0 Å². The number of para-hydroxylation sites is 1. The van der Waals surface area contributed by atoms with Crippen molar-refractivity contribution < 1.29 is 19.4 Å². The summed E-state index contributed by atoms with van der Waals surface area (Å²) in [7, 11) is 0. The molecule has 1 aliphatic carbocycles. The van der Waals surface area contributed by atoms with Crippen molar-refractivity contribution in [2.45, 2.75) is 51.2 Å². The highest BCUT2D eigenvalue weighted by molar-refractivity contribution is 5.98.